The van der Waals surface area contributed by atoms with Crippen molar-refractivity contribution < 1.29 is 20.5 Å². The van der Waals surface area contributed by atoms with Crippen LogP contribution >= 0.6 is 0 Å². The number of nitrogens with one attached hydrogen (secondary N) is 1. The number of halogens is 1. The number of aryl methyl sites for hydroxylation is 1. The molecule has 2 saturated heterocycles. The molecule has 3 fully saturated rings. The summed E-state index contributed by atoms with van der Waals surface area (Å²) in [4.78, 5) is 5.80. The third kappa shape index (κ3) is 3.77. The SMILES string of the molecule is [2H]C([2H])([2H])n1nnc(-c2ccc(-c3ncc(N([C@H]4C[C@]5(C)CCC[C@H](N5)[C@H]4F)C4([2H])C([2H])([2H])C4([2H])[2H])nn3)c(O)c2)n1. The van der Waals surface area contributed by atoms with E-state index in [9.17, 15) is 5.11 Å². The van der Waals surface area contributed by atoms with Crippen molar-refractivity contribution >= 4 is 5.82 Å². The minimum Gasteiger partial charge on any atom is -0.507 e. The molecule has 3 aromatic rings. The Kier molecular flexibility index (Phi) is 3.32. The number of rotatable bonds is 5. The van der Waals surface area contributed by atoms with E-state index in [-0.39, 0.29) is 40.8 Å². The van der Waals surface area contributed by atoms with Crippen LogP contribution in [0.1, 0.15) is 56.3 Å². The Morgan fingerprint density at radius 2 is 2.21 bits per heavy atom. The van der Waals surface area contributed by atoms with Gasteiger partial charge in [0.05, 0.1) is 26.1 Å². The van der Waals surface area contributed by atoms with E-state index in [1.807, 2.05) is 6.92 Å². The highest BCUT2D eigenvalue weighted by atomic mass is 19.1. The summed E-state index contributed by atoms with van der Waals surface area (Å²) in [6, 6.07) is 0.137. The lowest BCUT2D eigenvalue weighted by atomic mass is 9.74. The molecule has 178 valence electrons. The maximum absolute atomic E-state index is 15.9. The molecule has 2 bridgehead atoms. The molecule has 11 heteroatoms. The fourth-order valence-electron chi connectivity index (χ4n) is 5.07. The van der Waals surface area contributed by atoms with Gasteiger partial charge in [-0.25, -0.2) is 9.37 Å². The summed E-state index contributed by atoms with van der Waals surface area (Å²) in [7, 11) is 0. The molecule has 3 aliphatic rings. The fraction of sp³-hybridized carbons (Fsp3) is 0.565. The van der Waals surface area contributed by atoms with Crippen LogP contribution in [0.25, 0.3) is 22.8 Å². The predicted octanol–water partition coefficient (Wildman–Crippen LogP) is 2.41. The molecule has 6 rings (SSSR count). The van der Waals surface area contributed by atoms with Crippen LogP contribution in [0.3, 0.4) is 0 Å². The van der Waals surface area contributed by atoms with Crippen molar-refractivity contribution in [2.75, 3.05) is 4.90 Å². The number of aromatic hydroxyl groups is 1. The second kappa shape index (κ2) is 7.93. The van der Waals surface area contributed by atoms with Gasteiger partial charge in [0, 0.05) is 32.8 Å². The zero-order valence-electron chi connectivity index (χ0n) is 26.3. The van der Waals surface area contributed by atoms with Crippen molar-refractivity contribution in [2.45, 2.75) is 75.2 Å². The van der Waals surface area contributed by atoms with E-state index in [0.717, 1.165) is 17.7 Å². The number of aromatic nitrogens is 7. The number of hydrogen-bond donors (Lipinski definition) is 2. The van der Waals surface area contributed by atoms with Gasteiger partial charge >= 0.3 is 0 Å². The van der Waals surface area contributed by atoms with Crippen LogP contribution in [-0.4, -0.2) is 70.3 Å². The Balaban J connectivity index is 1.34. The van der Waals surface area contributed by atoms with Gasteiger partial charge in [-0.2, -0.15) is 4.80 Å². The first kappa shape index (κ1) is 14.2. The van der Waals surface area contributed by atoms with E-state index in [0.29, 0.717) is 11.2 Å². The monoisotopic (exact) mass is 473 g/mol. The highest BCUT2D eigenvalue weighted by Gasteiger charge is 2.50. The van der Waals surface area contributed by atoms with Crippen molar-refractivity contribution in [3.63, 3.8) is 0 Å². The fourth-order valence-corrected chi connectivity index (χ4v) is 5.07. The van der Waals surface area contributed by atoms with Gasteiger partial charge in [0.15, 0.2) is 11.6 Å². The zero-order chi connectivity index (χ0) is 30.5. The summed E-state index contributed by atoms with van der Waals surface area (Å²) in [6.07, 6.45) is -3.26. The summed E-state index contributed by atoms with van der Waals surface area (Å²) in [5, 5.41) is 33.2. The summed E-state index contributed by atoms with van der Waals surface area (Å²) in [6.45, 7) is -0.673. The van der Waals surface area contributed by atoms with Crippen molar-refractivity contribution in [1.82, 2.24) is 40.7 Å². The number of phenolic OH excluding ortho intramolecular Hbond substituents is 1. The summed E-state index contributed by atoms with van der Waals surface area (Å²) < 4.78 is 80.1. The predicted molar refractivity (Wildman–Crippen MR) is 123 cm³/mol. The van der Waals surface area contributed by atoms with Gasteiger partial charge in [-0.1, -0.05) is 6.07 Å². The molecule has 4 heterocycles. The highest BCUT2D eigenvalue weighted by Crippen LogP contribution is 2.42. The van der Waals surface area contributed by atoms with Crippen molar-refractivity contribution in [1.29, 1.82) is 0 Å². The van der Waals surface area contributed by atoms with E-state index < -0.39 is 49.5 Å². The molecule has 4 atom stereocenters. The zero-order valence-corrected chi connectivity index (χ0v) is 18.3. The minimum atomic E-state index is -2.62. The summed E-state index contributed by atoms with van der Waals surface area (Å²) >= 11 is 0. The van der Waals surface area contributed by atoms with E-state index in [1.165, 1.54) is 24.4 Å². The van der Waals surface area contributed by atoms with E-state index in [4.69, 9.17) is 11.0 Å². The summed E-state index contributed by atoms with van der Waals surface area (Å²) in [5.74, 6) is -0.544. The molecule has 10 nitrogen and oxygen atoms in total. The van der Waals surface area contributed by atoms with Gasteiger partial charge in [0.1, 0.15) is 11.9 Å². The second-order valence-electron chi connectivity index (χ2n) is 9.16. The molecule has 1 aromatic carbocycles. The molecular weight excluding hydrogens is 437 g/mol. The quantitative estimate of drug-likeness (QED) is 0.576. The third-order valence-corrected chi connectivity index (χ3v) is 6.71. The van der Waals surface area contributed by atoms with Crippen LogP contribution in [0.4, 0.5) is 10.2 Å². The second-order valence-corrected chi connectivity index (χ2v) is 9.16. The number of fused-ring (bicyclic) bond motifs is 2. The number of tetrazole rings is 1. The number of anilines is 1. The first-order valence-electron chi connectivity index (χ1n) is 15.1. The molecule has 2 N–H and O–H groups in total. The van der Waals surface area contributed by atoms with Crippen molar-refractivity contribution in [3.05, 3.63) is 24.4 Å². The van der Waals surface area contributed by atoms with Crippen LogP contribution in [-0.2, 0) is 6.98 Å². The van der Waals surface area contributed by atoms with Gasteiger partial charge in [-0.05, 0) is 62.7 Å². The van der Waals surface area contributed by atoms with Gasteiger partial charge in [0.2, 0.25) is 5.82 Å². The van der Waals surface area contributed by atoms with E-state index in [1.54, 1.807) is 0 Å². The Morgan fingerprint density at radius 1 is 1.32 bits per heavy atom. The maximum atomic E-state index is 15.9. The normalized spacial score (nSPS) is 36.4. The molecule has 0 radical (unpaired) electrons. The molecule has 1 saturated carbocycles. The highest BCUT2D eigenvalue weighted by molar-refractivity contribution is 5.70. The number of piperidine rings is 2. The number of alkyl halides is 1. The van der Waals surface area contributed by atoms with Crippen LogP contribution in [0.5, 0.6) is 5.75 Å². The molecule has 34 heavy (non-hydrogen) atoms. The molecule has 0 amide bonds. The topological polar surface area (TPSA) is 118 Å². The average molecular weight is 474 g/mol. The largest absolute Gasteiger partial charge is 0.507 e. The standard InChI is InChI=1S/C23H28FN9O/c1-23-9-3-4-16(26-23)20(24)17(11-23)33(14-6-7-14)19-12-25-22(28-27-19)15-8-5-13(10-18(15)34)21-29-31-32(2)30-21/h5,8,10,12,14,16-17,20,26,34H,3-4,6-7,9,11H2,1-2H3/t16-,17-,20+,23-/m0/s1/i2D3,6D2,7D2,14D. The van der Waals surface area contributed by atoms with Gasteiger partial charge in [-0.15, -0.1) is 20.4 Å². The van der Waals surface area contributed by atoms with Crippen LogP contribution in [0.2, 0.25) is 0 Å². The van der Waals surface area contributed by atoms with Gasteiger partial charge in [-0.3, -0.25) is 0 Å². The smallest absolute Gasteiger partial charge is 0.205 e. The lowest BCUT2D eigenvalue weighted by molar-refractivity contribution is 0.0584. The first-order chi connectivity index (χ1) is 19.5. The van der Waals surface area contributed by atoms with Crippen molar-refractivity contribution in [2.24, 2.45) is 6.98 Å². The lowest BCUT2D eigenvalue weighted by Crippen LogP contribution is -2.67. The molecule has 1 aliphatic carbocycles. The van der Waals surface area contributed by atoms with Crippen LogP contribution in [0.15, 0.2) is 24.4 Å². The number of phenols is 1. The van der Waals surface area contributed by atoms with Gasteiger partial charge in [0.25, 0.3) is 0 Å². The molecule has 0 spiro atoms. The minimum absolute atomic E-state index is 0.0343. The molecular formula is C23H28FN9O. The number of hydrogen-bond acceptors (Lipinski definition) is 9. The lowest BCUT2D eigenvalue weighted by Gasteiger charge is -2.52. The van der Waals surface area contributed by atoms with E-state index in [2.05, 4.69) is 35.9 Å². The molecule has 0 unspecified atom stereocenters. The summed E-state index contributed by atoms with van der Waals surface area (Å²) in [5.41, 5.74) is -0.0646. The first-order valence-corrected chi connectivity index (χ1v) is 11.1. The van der Waals surface area contributed by atoms with Crippen LogP contribution in [0, 0.1) is 0 Å². The maximum Gasteiger partial charge on any atom is 0.205 e. The molecule has 2 aromatic heterocycles. The Labute approximate surface area is 207 Å². The van der Waals surface area contributed by atoms with Crippen molar-refractivity contribution in [3.8, 4) is 28.5 Å². The van der Waals surface area contributed by atoms with E-state index >= 15 is 4.39 Å². The number of benzene rings is 1. The Hall–Kier alpha value is -3.21. The number of nitrogens with zero attached hydrogens (tertiary/aromatic N) is 8. The van der Waals surface area contributed by atoms with Crippen LogP contribution < -0.4 is 10.2 Å². The van der Waals surface area contributed by atoms with Gasteiger partial charge < -0.3 is 15.3 Å². The Bertz CT molecular complexity index is 1510. The average Bonchev–Trinajstić information content (AvgIpc) is 3.29. The third-order valence-electron chi connectivity index (χ3n) is 6.71. The molecule has 2 aliphatic heterocycles. The Morgan fingerprint density at radius 3 is 2.91 bits per heavy atom.